The zero-order valence-electron chi connectivity index (χ0n) is 11.7. The van der Waals surface area contributed by atoms with Crippen molar-refractivity contribution >= 4 is 9.84 Å². The molecule has 17 heavy (non-hydrogen) atoms. The van der Waals surface area contributed by atoms with E-state index in [1.54, 1.807) is 0 Å². The monoisotopic (exact) mass is 263 g/mol. The van der Waals surface area contributed by atoms with Gasteiger partial charge in [0.2, 0.25) is 0 Å². The van der Waals surface area contributed by atoms with Gasteiger partial charge in [-0.25, -0.2) is 8.42 Å². The quantitative estimate of drug-likeness (QED) is 0.583. The molecule has 0 saturated heterocycles. The van der Waals surface area contributed by atoms with Gasteiger partial charge in [-0.1, -0.05) is 33.1 Å². The van der Waals surface area contributed by atoms with Gasteiger partial charge in [-0.15, -0.1) is 0 Å². The van der Waals surface area contributed by atoms with Crippen LogP contribution in [0.25, 0.3) is 0 Å². The summed E-state index contributed by atoms with van der Waals surface area (Å²) in [5.41, 5.74) is 0. The maximum Gasteiger partial charge on any atom is 0.147 e. The molecule has 0 aliphatic heterocycles. The van der Waals surface area contributed by atoms with E-state index in [2.05, 4.69) is 19.2 Å². The topological polar surface area (TPSA) is 46.2 Å². The molecule has 4 heteroatoms. The van der Waals surface area contributed by atoms with Gasteiger partial charge in [0.15, 0.2) is 0 Å². The van der Waals surface area contributed by atoms with Crippen molar-refractivity contribution in [1.82, 2.24) is 5.32 Å². The molecule has 0 aromatic carbocycles. The van der Waals surface area contributed by atoms with Crippen molar-refractivity contribution in [2.45, 2.75) is 64.8 Å². The largest absolute Gasteiger partial charge is 0.314 e. The highest BCUT2D eigenvalue weighted by atomic mass is 32.2. The summed E-state index contributed by atoms with van der Waals surface area (Å²) < 4.78 is 22.1. The molecule has 0 aromatic rings. The van der Waals surface area contributed by atoms with Gasteiger partial charge in [-0.2, -0.15) is 0 Å². The third-order valence-corrected chi connectivity index (χ3v) is 3.94. The fourth-order valence-corrected chi connectivity index (χ4v) is 2.62. The smallest absolute Gasteiger partial charge is 0.147 e. The Morgan fingerprint density at radius 1 is 1.00 bits per heavy atom. The number of unbranched alkanes of at least 4 members (excludes halogenated alkanes) is 2. The highest BCUT2D eigenvalue weighted by Crippen LogP contribution is 2.09. The maximum atomic E-state index is 11.1. The van der Waals surface area contributed by atoms with Gasteiger partial charge in [-0.05, 0) is 32.2 Å². The zero-order valence-corrected chi connectivity index (χ0v) is 12.5. The van der Waals surface area contributed by atoms with Crippen LogP contribution in [0.15, 0.2) is 0 Å². The minimum Gasteiger partial charge on any atom is -0.314 e. The maximum absolute atomic E-state index is 11.1. The van der Waals surface area contributed by atoms with Crippen LogP contribution in [-0.4, -0.2) is 33.0 Å². The molecule has 1 N–H and O–H groups in total. The predicted octanol–water partition coefficient (Wildman–Crippen LogP) is 2.76. The molecule has 0 spiro atoms. The second kappa shape index (κ2) is 9.89. The van der Waals surface area contributed by atoms with E-state index < -0.39 is 9.84 Å². The number of sulfone groups is 1. The van der Waals surface area contributed by atoms with Crippen LogP contribution in [0.3, 0.4) is 0 Å². The van der Waals surface area contributed by atoms with Gasteiger partial charge in [0, 0.05) is 18.1 Å². The second-order valence-electron chi connectivity index (χ2n) is 4.92. The summed E-state index contributed by atoms with van der Waals surface area (Å²) in [5, 5.41) is 3.52. The molecule has 0 radical (unpaired) electrons. The highest BCUT2D eigenvalue weighted by molar-refractivity contribution is 7.90. The first kappa shape index (κ1) is 16.9. The molecule has 0 amide bonds. The van der Waals surface area contributed by atoms with E-state index in [-0.39, 0.29) is 0 Å². The number of nitrogens with one attached hydrogen (secondary N) is 1. The van der Waals surface area contributed by atoms with Crippen LogP contribution >= 0.6 is 0 Å². The molecule has 104 valence electrons. The number of hydrogen-bond donors (Lipinski definition) is 1. The molecule has 1 atom stereocenters. The van der Waals surface area contributed by atoms with Crippen molar-refractivity contribution in [3.05, 3.63) is 0 Å². The molecule has 0 heterocycles. The third-order valence-electron chi connectivity index (χ3n) is 2.91. The van der Waals surface area contributed by atoms with Gasteiger partial charge in [0.05, 0.1) is 0 Å². The molecule has 0 bridgehead atoms. The Morgan fingerprint density at radius 2 is 1.65 bits per heavy atom. The van der Waals surface area contributed by atoms with E-state index in [1.807, 2.05) is 0 Å². The van der Waals surface area contributed by atoms with Crippen molar-refractivity contribution < 1.29 is 8.42 Å². The molecular formula is C13H29NO2S. The fourth-order valence-electron chi connectivity index (χ4n) is 1.93. The van der Waals surface area contributed by atoms with Crippen LogP contribution in [0.1, 0.15) is 58.8 Å². The molecule has 0 saturated carbocycles. The second-order valence-corrected chi connectivity index (χ2v) is 7.18. The van der Waals surface area contributed by atoms with Crippen LogP contribution < -0.4 is 5.32 Å². The Morgan fingerprint density at radius 3 is 2.18 bits per heavy atom. The Balaban J connectivity index is 3.83. The summed E-state index contributed by atoms with van der Waals surface area (Å²) in [5.74, 6) is 0.324. The average Bonchev–Trinajstić information content (AvgIpc) is 2.23. The van der Waals surface area contributed by atoms with E-state index in [4.69, 9.17) is 0 Å². The van der Waals surface area contributed by atoms with E-state index in [0.29, 0.717) is 11.8 Å². The van der Waals surface area contributed by atoms with E-state index in [0.717, 1.165) is 25.8 Å². The van der Waals surface area contributed by atoms with E-state index in [1.165, 1.54) is 31.9 Å². The predicted molar refractivity (Wildman–Crippen MR) is 75.2 cm³/mol. The van der Waals surface area contributed by atoms with Crippen LogP contribution in [0.2, 0.25) is 0 Å². The van der Waals surface area contributed by atoms with Crippen LogP contribution in [-0.2, 0) is 9.84 Å². The molecular weight excluding hydrogens is 234 g/mol. The lowest BCUT2D eigenvalue weighted by molar-refractivity contribution is 0.431. The zero-order chi connectivity index (χ0) is 13.1. The first-order valence-corrected chi connectivity index (χ1v) is 8.96. The molecule has 0 aliphatic rings. The van der Waals surface area contributed by atoms with Crippen molar-refractivity contribution in [3.63, 3.8) is 0 Å². The third kappa shape index (κ3) is 12.2. The van der Waals surface area contributed by atoms with Crippen molar-refractivity contribution in [2.75, 3.05) is 18.6 Å². The summed E-state index contributed by atoms with van der Waals surface area (Å²) in [6, 6.07) is 0.503. The summed E-state index contributed by atoms with van der Waals surface area (Å²) in [4.78, 5) is 0. The number of hydrogen-bond acceptors (Lipinski definition) is 3. The molecule has 0 rings (SSSR count). The molecule has 3 nitrogen and oxygen atoms in total. The SMILES string of the molecule is CCCCCC(CCCS(C)(=O)=O)NCCC. The van der Waals surface area contributed by atoms with Crippen LogP contribution in [0.4, 0.5) is 0 Å². The normalized spacial score (nSPS) is 13.8. The number of rotatable bonds is 11. The lowest BCUT2D eigenvalue weighted by Crippen LogP contribution is -2.30. The van der Waals surface area contributed by atoms with Crippen molar-refractivity contribution in [1.29, 1.82) is 0 Å². The van der Waals surface area contributed by atoms with Crippen molar-refractivity contribution in [3.8, 4) is 0 Å². The summed E-state index contributed by atoms with van der Waals surface area (Å²) in [6.45, 7) is 5.40. The van der Waals surface area contributed by atoms with Gasteiger partial charge in [0.1, 0.15) is 9.84 Å². The summed E-state index contributed by atoms with van der Waals surface area (Å²) in [7, 11) is -2.79. The van der Waals surface area contributed by atoms with Gasteiger partial charge < -0.3 is 5.32 Å². The molecule has 0 fully saturated rings. The highest BCUT2D eigenvalue weighted by Gasteiger charge is 2.09. The lowest BCUT2D eigenvalue weighted by atomic mass is 10.0. The first-order valence-electron chi connectivity index (χ1n) is 6.90. The van der Waals surface area contributed by atoms with Crippen LogP contribution in [0, 0.1) is 0 Å². The lowest BCUT2D eigenvalue weighted by Gasteiger charge is -2.18. The van der Waals surface area contributed by atoms with E-state index in [9.17, 15) is 8.42 Å². The standard InChI is InChI=1S/C13H29NO2S/c1-4-6-7-9-13(14-11-5-2)10-8-12-17(3,15)16/h13-14H,4-12H2,1-3H3. The Bertz CT molecular complexity index is 263. The minimum absolute atomic E-state index is 0.324. The Kier molecular flexibility index (Phi) is 9.84. The van der Waals surface area contributed by atoms with Gasteiger partial charge >= 0.3 is 0 Å². The first-order chi connectivity index (χ1) is 7.99. The molecule has 0 aliphatic carbocycles. The Hall–Kier alpha value is -0.0900. The summed E-state index contributed by atoms with van der Waals surface area (Å²) in [6.07, 6.45) is 9.16. The Labute approximate surface area is 107 Å². The average molecular weight is 263 g/mol. The van der Waals surface area contributed by atoms with Crippen LogP contribution in [0.5, 0.6) is 0 Å². The molecule has 0 aromatic heterocycles. The van der Waals surface area contributed by atoms with Gasteiger partial charge in [-0.3, -0.25) is 0 Å². The van der Waals surface area contributed by atoms with Gasteiger partial charge in [0.25, 0.3) is 0 Å². The minimum atomic E-state index is -2.79. The fraction of sp³-hybridized carbons (Fsp3) is 1.00. The summed E-state index contributed by atoms with van der Waals surface area (Å²) >= 11 is 0. The molecule has 1 unspecified atom stereocenters. The van der Waals surface area contributed by atoms with Crippen molar-refractivity contribution in [2.24, 2.45) is 0 Å². The van der Waals surface area contributed by atoms with E-state index >= 15 is 0 Å².